The van der Waals surface area contributed by atoms with Crippen LogP contribution in [0.25, 0.3) is 11.2 Å². The smallest absolute Gasteiger partial charge is 0.338 e. The zero-order valence-corrected chi connectivity index (χ0v) is 20.9. The molecule has 3 aromatic rings. The van der Waals surface area contributed by atoms with Gasteiger partial charge in [0.15, 0.2) is 17.0 Å². The molecule has 2 aromatic heterocycles. The van der Waals surface area contributed by atoms with E-state index in [4.69, 9.17) is 25.2 Å². The van der Waals surface area contributed by atoms with E-state index in [0.29, 0.717) is 17.8 Å². The normalized spacial score (nSPS) is 23.3. The number of ether oxygens (including phenoxy) is 2. The fraction of sp³-hybridized carbons (Fsp3) is 0.538. The molecule has 0 aliphatic carbocycles. The largest absolute Gasteiger partial charge is 0.462 e. The van der Waals surface area contributed by atoms with E-state index in [1.54, 1.807) is 0 Å². The Balaban J connectivity index is 1.25. The Hall–Kier alpha value is -3.24. The number of aromatic nitrogens is 4. The lowest BCUT2D eigenvalue weighted by molar-refractivity contribution is 0.0525. The molecule has 0 bridgehead atoms. The molecule has 3 aliphatic heterocycles. The molecule has 6 rings (SSSR count). The molecular formula is C26H33N7O3. The molecule has 3 N–H and O–H groups in total. The van der Waals surface area contributed by atoms with Gasteiger partial charge in [-0.15, -0.1) is 0 Å². The molecule has 10 nitrogen and oxygen atoms in total. The van der Waals surface area contributed by atoms with Crippen molar-refractivity contribution >= 4 is 34.5 Å². The van der Waals surface area contributed by atoms with Crippen molar-refractivity contribution in [2.24, 2.45) is 11.1 Å². The van der Waals surface area contributed by atoms with Gasteiger partial charge in [-0.2, -0.15) is 5.10 Å². The third-order valence-electron chi connectivity index (χ3n) is 8.17. The van der Waals surface area contributed by atoms with Crippen LogP contribution in [0.5, 0.6) is 0 Å². The van der Waals surface area contributed by atoms with Gasteiger partial charge in [-0.05, 0) is 57.2 Å². The van der Waals surface area contributed by atoms with Crippen molar-refractivity contribution in [3.63, 3.8) is 0 Å². The molecule has 0 amide bonds. The molecule has 5 heterocycles. The first-order valence-electron chi connectivity index (χ1n) is 12.9. The Morgan fingerprint density at radius 1 is 1.31 bits per heavy atom. The van der Waals surface area contributed by atoms with Crippen LogP contribution in [0.4, 0.5) is 17.3 Å². The Kier molecular flexibility index (Phi) is 5.80. The third-order valence-corrected chi connectivity index (χ3v) is 8.17. The minimum absolute atomic E-state index is 0.0681. The van der Waals surface area contributed by atoms with Crippen LogP contribution in [0.3, 0.4) is 0 Å². The van der Waals surface area contributed by atoms with Crippen LogP contribution in [-0.2, 0) is 15.9 Å². The van der Waals surface area contributed by atoms with Crippen LogP contribution in [0.1, 0.15) is 49.0 Å². The number of rotatable bonds is 4. The van der Waals surface area contributed by atoms with Gasteiger partial charge in [0.05, 0.1) is 31.1 Å². The highest BCUT2D eigenvalue weighted by molar-refractivity contribution is 5.95. The van der Waals surface area contributed by atoms with Gasteiger partial charge in [0.2, 0.25) is 0 Å². The van der Waals surface area contributed by atoms with Crippen LogP contribution >= 0.6 is 0 Å². The molecule has 10 heteroatoms. The van der Waals surface area contributed by atoms with Crippen molar-refractivity contribution in [3.05, 3.63) is 35.5 Å². The number of piperidine rings is 1. The summed E-state index contributed by atoms with van der Waals surface area (Å²) in [5.74, 6) is 1.29. The van der Waals surface area contributed by atoms with E-state index < -0.39 is 0 Å². The van der Waals surface area contributed by atoms with Crippen molar-refractivity contribution in [3.8, 4) is 0 Å². The first kappa shape index (κ1) is 23.2. The quantitative estimate of drug-likeness (QED) is 0.530. The summed E-state index contributed by atoms with van der Waals surface area (Å²) in [5, 5.41) is 7.69. The molecule has 2 saturated heterocycles. The summed E-state index contributed by atoms with van der Waals surface area (Å²) >= 11 is 0. The number of benzene rings is 1. The first-order chi connectivity index (χ1) is 17.5. The monoisotopic (exact) mass is 491 g/mol. The number of H-pyrrole nitrogens is 1. The number of nitrogens with two attached hydrogens (primary N) is 1. The van der Waals surface area contributed by atoms with Crippen molar-refractivity contribution in [1.29, 1.82) is 0 Å². The second-order valence-electron chi connectivity index (χ2n) is 10.1. The Labute approximate surface area is 210 Å². The predicted octanol–water partition coefficient (Wildman–Crippen LogP) is 2.95. The van der Waals surface area contributed by atoms with Crippen molar-refractivity contribution in [2.75, 3.05) is 42.6 Å². The van der Waals surface area contributed by atoms with Gasteiger partial charge >= 0.3 is 5.97 Å². The van der Waals surface area contributed by atoms with Crippen LogP contribution in [-0.4, -0.2) is 71.1 Å². The Morgan fingerprint density at radius 2 is 2.14 bits per heavy atom. The molecule has 36 heavy (non-hydrogen) atoms. The topological polar surface area (TPSA) is 122 Å². The Morgan fingerprint density at radius 3 is 2.89 bits per heavy atom. The maximum absolute atomic E-state index is 12.5. The molecule has 0 radical (unpaired) electrons. The van der Waals surface area contributed by atoms with Crippen LogP contribution in [0.15, 0.2) is 24.4 Å². The molecule has 1 spiro atoms. The highest BCUT2D eigenvalue weighted by atomic mass is 16.5. The van der Waals surface area contributed by atoms with Gasteiger partial charge < -0.3 is 25.0 Å². The fourth-order valence-corrected chi connectivity index (χ4v) is 6.02. The minimum atomic E-state index is -0.282. The Bertz CT molecular complexity index is 1280. The van der Waals surface area contributed by atoms with E-state index in [0.717, 1.165) is 80.3 Å². The average Bonchev–Trinajstić information content (AvgIpc) is 3.45. The molecular weight excluding hydrogens is 458 g/mol. The maximum Gasteiger partial charge on any atom is 0.338 e. The van der Waals surface area contributed by atoms with Crippen LogP contribution in [0.2, 0.25) is 0 Å². The van der Waals surface area contributed by atoms with E-state index >= 15 is 0 Å². The molecule has 2 atom stereocenters. The number of hydrogen-bond acceptors (Lipinski definition) is 9. The number of esters is 1. The van der Waals surface area contributed by atoms with E-state index in [1.165, 1.54) is 0 Å². The first-order valence-corrected chi connectivity index (χ1v) is 12.9. The van der Waals surface area contributed by atoms with E-state index in [2.05, 4.69) is 26.9 Å². The second-order valence-corrected chi connectivity index (χ2v) is 10.1. The summed E-state index contributed by atoms with van der Waals surface area (Å²) < 4.78 is 11.1. The standard InChI is InChI=1S/C26H33N7O3/c1-3-35-25(34)18-6-4-8-19-17(18)7-5-11-33(19)24-21-23(30-31-24)29-20(14-28-21)32-12-9-26(10-13-32)15-36-16(2)22(26)27/h4,6,8,14,16,22H,3,5,7,9-13,15,27H2,1-2H3,(H,29,30,31)/t16-,22+/m0/s1. The fourth-order valence-electron chi connectivity index (χ4n) is 6.02. The molecule has 1 aromatic carbocycles. The number of nitrogens with zero attached hydrogens (tertiary/aromatic N) is 5. The lowest BCUT2D eigenvalue weighted by Crippen LogP contribution is -2.50. The van der Waals surface area contributed by atoms with Gasteiger partial charge in [0, 0.05) is 36.8 Å². The van der Waals surface area contributed by atoms with Crippen molar-refractivity contribution in [1.82, 2.24) is 20.2 Å². The lowest BCUT2D eigenvalue weighted by atomic mass is 9.73. The number of carbonyl (C=O) groups excluding carboxylic acids is 1. The van der Waals surface area contributed by atoms with Crippen molar-refractivity contribution < 1.29 is 14.3 Å². The highest BCUT2D eigenvalue weighted by Gasteiger charge is 2.47. The molecule has 0 saturated carbocycles. The zero-order chi connectivity index (χ0) is 24.9. The molecule has 190 valence electrons. The molecule has 3 aliphatic rings. The van der Waals surface area contributed by atoms with E-state index in [1.807, 2.05) is 31.3 Å². The number of nitrogens with one attached hydrogen (secondary N) is 1. The summed E-state index contributed by atoms with van der Waals surface area (Å²) in [7, 11) is 0. The second kappa shape index (κ2) is 9.01. The molecule has 0 unspecified atom stereocenters. The maximum atomic E-state index is 12.5. The molecule has 2 fully saturated rings. The zero-order valence-electron chi connectivity index (χ0n) is 20.9. The highest BCUT2D eigenvalue weighted by Crippen LogP contribution is 2.42. The van der Waals surface area contributed by atoms with Crippen molar-refractivity contribution in [2.45, 2.75) is 51.7 Å². The van der Waals surface area contributed by atoms with E-state index in [9.17, 15) is 4.79 Å². The summed E-state index contributed by atoms with van der Waals surface area (Å²) in [4.78, 5) is 26.6. The van der Waals surface area contributed by atoms with Crippen LogP contribution in [0, 0.1) is 5.41 Å². The number of fused-ring (bicyclic) bond motifs is 2. The number of anilines is 3. The SMILES string of the molecule is CCOC(=O)c1cccc2c1CCCN2c1n[nH]c2nc(N3CCC4(CC3)CO[C@@H](C)[C@H]4N)cnc12. The lowest BCUT2D eigenvalue weighted by Gasteiger charge is -2.41. The van der Waals surface area contributed by atoms with Gasteiger partial charge in [0.25, 0.3) is 0 Å². The van der Waals surface area contributed by atoms with Gasteiger partial charge in [-0.1, -0.05) is 6.07 Å². The summed E-state index contributed by atoms with van der Waals surface area (Å²) in [6.45, 7) is 7.53. The number of carbonyl (C=O) groups is 1. The number of hydrogen-bond donors (Lipinski definition) is 2. The van der Waals surface area contributed by atoms with Gasteiger partial charge in [-0.3, -0.25) is 5.10 Å². The minimum Gasteiger partial charge on any atom is -0.462 e. The van der Waals surface area contributed by atoms with E-state index in [-0.39, 0.29) is 23.5 Å². The summed E-state index contributed by atoms with van der Waals surface area (Å²) in [6.07, 6.45) is 5.66. The third kappa shape index (κ3) is 3.70. The van der Waals surface area contributed by atoms with Gasteiger partial charge in [0.1, 0.15) is 5.82 Å². The predicted molar refractivity (Wildman–Crippen MR) is 137 cm³/mol. The van der Waals surface area contributed by atoms with Gasteiger partial charge in [-0.25, -0.2) is 14.8 Å². The summed E-state index contributed by atoms with van der Waals surface area (Å²) in [6, 6.07) is 5.85. The number of aromatic amines is 1. The summed E-state index contributed by atoms with van der Waals surface area (Å²) in [5.41, 5.74) is 10.5. The average molecular weight is 492 g/mol. The van der Waals surface area contributed by atoms with Crippen LogP contribution < -0.4 is 15.5 Å².